The van der Waals surface area contributed by atoms with Gasteiger partial charge in [0.25, 0.3) is 0 Å². The Hall–Kier alpha value is -1.10. The molecule has 1 unspecified atom stereocenters. The molecule has 1 atom stereocenters. The number of primary sulfonamides is 1. The van der Waals surface area contributed by atoms with Gasteiger partial charge in [-0.15, -0.1) is 0 Å². The molecule has 0 aliphatic rings. The molecule has 1 rings (SSSR count). The summed E-state index contributed by atoms with van der Waals surface area (Å²) in [5.41, 5.74) is 0.599. The Kier molecular flexibility index (Phi) is 4.73. The quantitative estimate of drug-likeness (QED) is 0.913. The van der Waals surface area contributed by atoms with Crippen molar-refractivity contribution in [3.63, 3.8) is 0 Å². The molecule has 0 radical (unpaired) electrons. The summed E-state index contributed by atoms with van der Waals surface area (Å²) in [5, 5.41) is 14.0. The predicted octanol–water partition coefficient (Wildman–Crippen LogP) is 2.09. The lowest BCUT2D eigenvalue weighted by atomic mass is 10.2. The average Bonchev–Trinajstić information content (AvgIpc) is 2.26. The number of rotatable bonds is 4. The van der Waals surface area contributed by atoms with Crippen LogP contribution in [0.5, 0.6) is 5.75 Å². The molecule has 0 spiro atoms. The van der Waals surface area contributed by atoms with Crippen LogP contribution in [0, 0.1) is 18.3 Å². The molecule has 0 bridgehead atoms. The molecule has 0 aromatic heterocycles. The molecule has 7 heteroatoms. The lowest BCUT2D eigenvalue weighted by Crippen LogP contribution is -2.19. The summed E-state index contributed by atoms with van der Waals surface area (Å²) < 4.78 is 29.0. The van der Waals surface area contributed by atoms with E-state index in [1.807, 2.05) is 6.07 Å². The summed E-state index contributed by atoms with van der Waals surface area (Å²) in [5.74, 6) is 0.133. The van der Waals surface area contributed by atoms with Crippen molar-refractivity contribution in [1.29, 1.82) is 5.26 Å². The van der Waals surface area contributed by atoms with Crippen molar-refractivity contribution < 1.29 is 13.2 Å². The highest BCUT2D eigenvalue weighted by molar-refractivity contribution is 9.10. The van der Waals surface area contributed by atoms with Crippen LogP contribution in [0.1, 0.15) is 18.9 Å². The van der Waals surface area contributed by atoms with E-state index < -0.39 is 16.1 Å². The van der Waals surface area contributed by atoms with Gasteiger partial charge >= 0.3 is 0 Å². The maximum absolute atomic E-state index is 11.5. The van der Waals surface area contributed by atoms with E-state index in [4.69, 9.17) is 15.1 Å². The van der Waals surface area contributed by atoms with Crippen LogP contribution in [0.3, 0.4) is 0 Å². The van der Waals surface area contributed by atoms with Gasteiger partial charge in [-0.2, -0.15) is 5.26 Å². The van der Waals surface area contributed by atoms with Gasteiger partial charge in [0.2, 0.25) is 10.0 Å². The largest absolute Gasteiger partial charge is 0.474 e. The zero-order valence-corrected chi connectivity index (χ0v) is 12.4. The second kappa shape index (κ2) is 5.69. The third kappa shape index (κ3) is 3.45. The molecule has 1 aromatic rings. The van der Waals surface area contributed by atoms with Crippen molar-refractivity contribution in [3.05, 3.63) is 22.2 Å². The Balaban J connectivity index is 3.39. The van der Waals surface area contributed by atoms with Gasteiger partial charge in [-0.1, -0.05) is 22.9 Å². The first kappa shape index (κ1) is 15.0. The third-order valence-electron chi connectivity index (χ3n) is 2.29. The average molecular weight is 333 g/mol. The summed E-state index contributed by atoms with van der Waals surface area (Å²) in [6.45, 7) is 3.47. The number of hydrogen-bond donors (Lipinski definition) is 1. The van der Waals surface area contributed by atoms with E-state index in [0.29, 0.717) is 16.5 Å². The lowest BCUT2D eigenvalue weighted by Gasteiger charge is -2.16. The normalized spacial score (nSPS) is 12.8. The van der Waals surface area contributed by atoms with Crippen LogP contribution in [0.4, 0.5) is 0 Å². The number of sulfonamides is 1. The van der Waals surface area contributed by atoms with E-state index in [9.17, 15) is 8.42 Å². The molecular weight excluding hydrogens is 320 g/mol. The molecule has 1 aromatic carbocycles. The Bertz CT molecular complexity index is 593. The van der Waals surface area contributed by atoms with Crippen LogP contribution in [0.25, 0.3) is 0 Å². The molecule has 0 saturated carbocycles. The summed E-state index contributed by atoms with van der Waals surface area (Å²) in [7, 11) is -3.90. The summed E-state index contributed by atoms with van der Waals surface area (Å²) in [6, 6.07) is 5.02. The highest BCUT2D eigenvalue weighted by Gasteiger charge is 2.20. The maximum Gasteiger partial charge on any atom is 0.241 e. The molecule has 0 heterocycles. The Morgan fingerprint density at radius 3 is 2.61 bits per heavy atom. The summed E-state index contributed by atoms with van der Waals surface area (Å²) in [4.78, 5) is -0.122. The van der Waals surface area contributed by atoms with Gasteiger partial charge in [0.1, 0.15) is 16.7 Å². The van der Waals surface area contributed by atoms with Crippen LogP contribution < -0.4 is 9.88 Å². The van der Waals surface area contributed by atoms with Gasteiger partial charge in [-0.05, 0) is 31.0 Å². The first-order valence-electron chi connectivity index (χ1n) is 5.18. The summed E-state index contributed by atoms with van der Waals surface area (Å²) >= 11 is 3.20. The van der Waals surface area contributed by atoms with E-state index >= 15 is 0 Å². The van der Waals surface area contributed by atoms with E-state index in [1.165, 1.54) is 6.07 Å². The first-order chi connectivity index (χ1) is 8.29. The predicted molar refractivity (Wildman–Crippen MR) is 70.6 cm³/mol. The minimum Gasteiger partial charge on any atom is -0.474 e. The lowest BCUT2D eigenvalue weighted by molar-refractivity contribution is 0.243. The van der Waals surface area contributed by atoms with Gasteiger partial charge in [-0.3, -0.25) is 0 Å². The molecule has 98 valence electrons. The van der Waals surface area contributed by atoms with Crippen LogP contribution >= 0.6 is 15.9 Å². The topological polar surface area (TPSA) is 93.2 Å². The molecule has 0 amide bonds. The molecule has 0 aliphatic heterocycles. The SMILES string of the molecule is CCC(C#N)Oc1c(C)cc(Br)cc1S(N)(=O)=O. The van der Waals surface area contributed by atoms with Crippen LogP contribution in [0.2, 0.25) is 0 Å². The van der Waals surface area contributed by atoms with Crippen molar-refractivity contribution in [2.24, 2.45) is 5.14 Å². The fourth-order valence-electron chi connectivity index (χ4n) is 1.40. The van der Waals surface area contributed by atoms with Gasteiger partial charge in [0.15, 0.2) is 6.10 Å². The number of nitriles is 1. The second-order valence-corrected chi connectivity index (χ2v) is 6.18. The van der Waals surface area contributed by atoms with E-state index in [0.717, 1.165) is 0 Å². The fraction of sp³-hybridized carbons (Fsp3) is 0.364. The molecular formula is C11H13BrN2O3S. The van der Waals surface area contributed by atoms with E-state index in [2.05, 4.69) is 15.9 Å². The van der Waals surface area contributed by atoms with Crippen molar-refractivity contribution in [3.8, 4) is 11.8 Å². The first-order valence-corrected chi connectivity index (χ1v) is 7.52. The number of hydrogen-bond acceptors (Lipinski definition) is 4. The van der Waals surface area contributed by atoms with Crippen molar-refractivity contribution >= 4 is 26.0 Å². The van der Waals surface area contributed by atoms with Crippen LogP contribution in [0.15, 0.2) is 21.5 Å². The van der Waals surface area contributed by atoms with E-state index in [-0.39, 0.29) is 10.6 Å². The zero-order valence-electron chi connectivity index (χ0n) is 9.97. The Morgan fingerprint density at radius 1 is 1.56 bits per heavy atom. The smallest absolute Gasteiger partial charge is 0.241 e. The third-order valence-corrected chi connectivity index (χ3v) is 3.66. The standard InChI is InChI=1S/C11H13BrN2O3S/c1-3-9(6-13)17-11-7(2)4-8(12)5-10(11)18(14,15)16/h4-5,9H,3H2,1-2H3,(H2,14,15,16). The number of benzene rings is 1. The molecule has 5 nitrogen and oxygen atoms in total. The number of aryl methyl sites for hydroxylation is 1. The molecule has 18 heavy (non-hydrogen) atoms. The number of nitrogens with two attached hydrogens (primary N) is 1. The van der Waals surface area contributed by atoms with Gasteiger partial charge in [-0.25, -0.2) is 13.6 Å². The van der Waals surface area contributed by atoms with Gasteiger partial charge in [0.05, 0.1) is 0 Å². The Labute approximate surface area is 115 Å². The fourth-order valence-corrected chi connectivity index (χ4v) is 2.89. The second-order valence-electron chi connectivity index (χ2n) is 3.74. The number of nitrogens with zero attached hydrogens (tertiary/aromatic N) is 1. The van der Waals surface area contributed by atoms with Crippen LogP contribution in [-0.4, -0.2) is 14.5 Å². The van der Waals surface area contributed by atoms with Crippen molar-refractivity contribution in [1.82, 2.24) is 0 Å². The van der Waals surface area contributed by atoms with Crippen molar-refractivity contribution in [2.75, 3.05) is 0 Å². The highest BCUT2D eigenvalue weighted by Crippen LogP contribution is 2.31. The monoisotopic (exact) mass is 332 g/mol. The number of halogens is 1. The van der Waals surface area contributed by atoms with Crippen molar-refractivity contribution in [2.45, 2.75) is 31.3 Å². The van der Waals surface area contributed by atoms with E-state index in [1.54, 1.807) is 19.9 Å². The Morgan fingerprint density at radius 2 is 2.17 bits per heavy atom. The van der Waals surface area contributed by atoms with Gasteiger partial charge < -0.3 is 4.74 Å². The van der Waals surface area contributed by atoms with Gasteiger partial charge in [0, 0.05) is 4.47 Å². The summed E-state index contributed by atoms with van der Waals surface area (Å²) in [6.07, 6.45) is -0.249. The number of ether oxygens (including phenoxy) is 1. The van der Waals surface area contributed by atoms with Crippen LogP contribution in [-0.2, 0) is 10.0 Å². The highest BCUT2D eigenvalue weighted by atomic mass is 79.9. The minimum atomic E-state index is -3.90. The minimum absolute atomic E-state index is 0.122. The maximum atomic E-state index is 11.5. The molecule has 2 N–H and O–H groups in total. The molecule has 0 saturated heterocycles. The molecule has 0 aliphatic carbocycles. The molecule has 0 fully saturated rings. The zero-order chi connectivity index (χ0) is 13.9.